The molecule has 138 valence electrons. The molecule has 2 heterocycles. The van der Waals surface area contributed by atoms with Crippen LogP contribution in [0, 0.1) is 12.8 Å². The second-order valence-corrected chi connectivity index (χ2v) is 7.08. The first-order chi connectivity index (χ1) is 12.1. The number of anilines is 1. The number of carbonyl (C=O) groups is 1. The monoisotopic (exact) mass is 347 g/mol. The van der Waals surface area contributed by atoms with Crippen molar-refractivity contribution in [1.82, 2.24) is 10.3 Å². The summed E-state index contributed by atoms with van der Waals surface area (Å²) in [5, 5.41) is 2.74. The van der Waals surface area contributed by atoms with Crippen LogP contribution in [-0.2, 0) is 9.53 Å². The molecule has 3 rings (SSSR count). The fraction of sp³-hybridized carbons (Fsp3) is 0.684. The first-order valence-electron chi connectivity index (χ1n) is 9.33. The van der Waals surface area contributed by atoms with Gasteiger partial charge in [-0.2, -0.15) is 0 Å². The predicted octanol–water partition coefficient (Wildman–Crippen LogP) is 2.30. The molecule has 1 amide bonds. The topological polar surface area (TPSA) is 63.7 Å². The summed E-state index contributed by atoms with van der Waals surface area (Å²) in [6.45, 7) is 7.74. The second kappa shape index (κ2) is 8.52. The maximum atomic E-state index is 10.8. The van der Waals surface area contributed by atoms with Gasteiger partial charge in [0.25, 0.3) is 0 Å². The van der Waals surface area contributed by atoms with Crippen LogP contribution >= 0.6 is 0 Å². The predicted molar refractivity (Wildman–Crippen MR) is 97.1 cm³/mol. The van der Waals surface area contributed by atoms with E-state index in [0.717, 1.165) is 37.4 Å². The molecular formula is C19H29N3O3. The van der Waals surface area contributed by atoms with Gasteiger partial charge in [-0.1, -0.05) is 0 Å². The van der Waals surface area contributed by atoms with Gasteiger partial charge in [-0.15, -0.1) is 0 Å². The highest BCUT2D eigenvalue weighted by Crippen LogP contribution is 2.32. The number of aromatic nitrogens is 1. The Hall–Kier alpha value is -1.82. The molecule has 0 aromatic carbocycles. The van der Waals surface area contributed by atoms with Crippen molar-refractivity contribution in [1.29, 1.82) is 0 Å². The molecule has 1 N–H and O–H groups in total. The third-order valence-electron chi connectivity index (χ3n) is 5.05. The number of rotatable bonds is 8. The smallest absolute Gasteiger partial charge is 0.218 e. The van der Waals surface area contributed by atoms with Crippen LogP contribution in [0.4, 0.5) is 5.69 Å². The van der Waals surface area contributed by atoms with E-state index in [1.807, 2.05) is 6.20 Å². The number of carbonyl (C=O) groups excluding carboxylic acids is 1. The maximum absolute atomic E-state index is 10.8. The molecule has 2 aliphatic rings. The molecule has 0 bridgehead atoms. The molecule has 0 radical (unpaired) electrons. The van der Waals surface area contributed by atoms with Crippen molar-refractivity contribution in [2.45, 2.75) is 45.6 Å². The first-order valence-corrected chi connectivity index (χ1v) is 9.33. The zero-order valence-corrected chi connectivity index (χ0v) is 15.3. The van der Waals surface area contributed by atoms with Crippen molar-refractivity contribution in [3.63, 3.8) is 0 Å². The minimum absolute atomic E-state index is 0.0116. The zero-order chi connectivity index (χ0) is 17.6. The third kappa shape index (κ3) is 4.84. The molecule has 6 nitrogen and oxygen atoms in total. The van der Waals surface area contributed by atoms with Crippen molar-refractivity contribution < 1.29 is 14.3 Å². The van der Waals surface area contributed by atoms with Crippen molar-refractivity contribution >= 4 is 11.6 Å². The lowest BCUT2D eigenvalue weighted by atomic mass is 9.83. The molecule has 1 aliphatic carbocycles. The molecule has 1 saturated heterocycles. The number of pyridine rings is 1. The summed E-state index contributed by atoms with van der Waals surface area (Å²) >= 11 is 0. The van der Waals surface area contributed by atoms with E-state index in [1.54, 1.807) is 0 Å². The van der Waals surface area contributed by atoms with Crippen molar-refractivity contribution in [3.8, 4) is 5.88 Å². The first kappa shape index (κ1) is 18.0. The van der Waals surface area contributed by atoms with Crippen molar-refractivity contribution in [2.24, 2.45) is 5.92 Å². The normalized spacial score (nSPS) is 22.6. The van der Waals surface area contributed by atoms with Gasteiger partial charge in [-0.3, -0.25) is 4.79 Å². The van der Waals surface area contributed by atoms with Gasteiger partial charge in [0.2, 0.25) is 11.8 Å². The summed E-state index contributed by atoms with van der Waals surface area (Å²) in [7, 11) is 0. The number of hydrogen-bond donors (Lipinski definition) is 1. The van der Waals surface area contributed by atoms with E-state index in [4.69, 9.17) is 9.47 Å². The number of nitrogens with zero attached hydrogens (tertiary/aromatic N) is 2. The van der Waals surface area contributed by atoms with Crippen LogP contribution in [0.15, 0.2) is 12.3 Å². The molecule has 2 fully saturated rings. The summed E-state index contributed by atoms with van der Waals surface area (Å²) in [6, 6.07) is 2.09. The highest BCUT2D eigenvalue weighted by Gasteiger charge is 2.30. The molecule has 0 atom stereocenters. The van der Waals surface area contributed by atoms with E-state index in [-0.39, 0.29) is 5.91 Å². The zero-order valence-electron chi connectivity index (χ0n) is 15.3. The summed E-state index contributed by atoms with van der Waals surface area (Å²) in [5.41, 5.74) is 2.40. The fourth-order valence-corrected chi connectivity index (χ4v) is 3.55. The highest BCUT2D eigenvalue weighted by atomic mass is 16.5. The van der Waals surface area contributed by atoms with E-state index in [1.165, 1.54) is 25.5 Å². The molecule has 25 heavy (non-hydrogen) atoms. The van der Waals surface area contributed by atoms with E-state index < -0.39 is 0 Å². The van der Waals surface area contributed by atoms with Crippen LogP contribution in [0.5, 0.6) is 5.88 Å². The lowest BCUT2D eigenvalue weighted by Crippen LogP contribution is -2.37. The number of hydrogen-bond acceptors (Lipinski definition) is 5. The van der Waals surface area contributed by atoms with E-state index >= 15 is 0 Å². The Balaban J connectivity index is 1.38. The molecule has 1 aromatic rings. The van der Waals surface area contributed by atoms with Crippen LogP contribution < -0.4 is 15.0 Å². The molecule has 0 spiro atoms. The summed E-state index contributed by atoms with van der Waals surface area (Å²) in [5.74, 6) is 1.28. The maximum Gasteiger partial charge on any atom is 0.218 e. The van der Waals surface area contributed by atoms with Gasteiger partial charge in [-0.25, -0.2) is 4.98 Å². The summed E-state index contributed by atoms with van der Waals surface area (Å²) < 4.78 is 11.7. The summed E-state index contributed by atoms with van der Waals surface area (Å²) in [4.78, 5) is 17.6. The highest BCUT2D eigenvalue weighted by molar-refractivity contribution is 5.72. The Morgan fingerprint density at radius 2 is 2.12 bits per heavy atom. The van der Waals surface area contributed by atoms with Gasteiger partial charge >= 0.3 is 0 Å². The molecule has 1 aliphatic heterocycles. The average Bonchev–Trinajstić information content (AvgIpc) is 3.07. The van der Waals surface area contributed by atoms with Crippen LogP contribution in [0.1, 0.15) is 38.2 Å². The Morgan fingerprint density at radius 3 is 2.84 bits per heavy atom. The molecule has 0 unspecified atom stereocenters. The second-order valence-electron chi connectivity index (χ2n) is 7.08. The van der Waals surface area contributed by atoms with Gasteiger partial charge in [0.15, 0.2) is 0 Å². The lowest BCUT2D eigenvalue weighted by molar-refractivity contribution is -0.119. The van der Waals surface area contributed by atoms with Gasteiger partial charge in [0, 0.05) is 44.0 Å². The van der Waals surface area contributed by atoms with E-state index in [0.29, 0.717) is 31.8 Å². The van der Waals surface area contributed by atoms with Crippen LogP contribution in [-0.4, -0.2) is 49.8 Å². The third-order valence-corrected chi connectivity index (χ3v) is 5.05. The van der Waals surface area contributed by atoms with E-state index in [2.05, 4.69) is 28.2 Å². The Bertz CT molecular complexity index is 581. The Morgan fingerprint density at radius 1 is 1.36 bits per heavy atom. The van der Waals surface area contributed by atoms with Crippen molar-refractivity contribution in [2.75, 3.05) is 37.7 Å². The van der Waals surface area contributed by atoms with Crippen LogP contribution in [0.25, 0.3) is 0 Å². The Labute approximate surface area is 149 Å². The van der Waals surface area contributed by atoms with Gasteiger partial charge < -0.3 is 19.7 Å². The SMILES string of the molecule is CC(=O)NCCOC1CC(COc2nccc(N3CCCC3)c2C)C1. The van der Waals surface area contributed by atoms with Gasteiger partial charge in [-0.05, 0) is 44.6 Å². The molecular weight excluding hydrogens is 318 g/mol. The minimum Gasteiger partial charge on any atom is -0.477 e. The minimum atomic E-state index is -0.0116. The summed E-state index contributed by atoms with van der Waals surface area (Å²) in [6.07, 6.45) is 6.72. The Kier molecular flexibility index (Phi) is 6.13. The lowest BCUT2D eigenvalue weighted by Gasteiger charge is -2.35. The van der Waals surface area contributed by atoms with Crippen molar-refractivity contribution in [3.05, 3.63) is 17.8 Å². The quantitative estimate of drug-likeness (QED) is 0.731. The number of amides is 1. The van der Waals surface area contributed by atoms with Crippen LogP contribution in [0.2, 0.25) is 0 Å². The average molecular weight is 347 g/mol. The molecule has 1 saturated carbocycles. The largest absolute Gasteiger partial charge is 0.477 e. The standard InChI is InChI=1S/C19H29N3O3/c1-14-18(22-8-3-4-9-22)5-6-21-19(14)25-13-16-11-17(12-16)24-10-7-20-15(2)23/h5-6,16-17H,3-4,7-13H2,1-2H3,(H,20,23). The molecule has 6 heteroatoms. The molecule has 1 aromatic heterocycles. The fourth-order valence-electron chi connectivity index (χ4n) is 3.55. The number of nitrogens with one attached hydrogen (secondary N) is 1. The van der Waals surface area contributed by atoms with E-state index in [9.17, 15) is 4.79 Å². The van der Waals surface area contributed by atoms with Gasteiger partial charge in [0.05, 0.1) is 19.3 Å². The van der Waals surface area contributed by atoms with Gasteiger partial charge in [0.1, 0.15) is 0 Å². The van der Waals surface area contributed by atoms with Crippen LogP contribution in [0.3, 0.4) is 0 Å². The number of ether oxygens (including phenoxy) is 2.